The lowest BCUT2D eigenvalue weighted by Crippen LogP contribution is -3.00. The molecule has 70 valence electrons. The van der Waals surface area contributed by atoms with Gasteiger partial charge in [0.05, 0.1) is 27.7 Å². The van der Waals surface area contributed by atoms with Gasteiger partial charge in [-0.05, 0) is 19.3 Å². The molecule has 0 bridgehead atoms. The molecule has 0 fully saturated rings. The van der Waals surface area contributed by atoms with Gasteiger partial charge in [-0.15, -0.1) is 11.6 Å². The highest BCUT2D eigenvalue weighted by molar-refractivity contribution is 6.17. The number of alkyl halides is 1. The molecule has 11 heavy (non-hydrogen) atoms. The van der Waals surface area contributed by atoms with E-state index < -0.39 is 0 Å². The van der Waals surface area contributed by atoms with Crippen molar-refractivity contribution < 1.29 is 16.9 Å². The van der Waals surface area contributed by atoms with Crippen molar-refractivity contribution in [1.82, 2.24) is 0 Å². The van der Waals surface area contributed by atoms with Gasteiger partial charge in [0.15, 0.2) is 0 Å². The fraction of sp³-hybridized carbons (Fsp3) is 1.00. The smallest absolute Gasteiger partial charge is 0.0780 e. The van der Waals surface area contributed by atoms with E-state index in [4.69, 9.17) is 11.6 Å². The van der Waals surface area contributed by atoms with Gasteiger partial charge in [-0.25, -0.2) is 0 Å². The highest BCUT2D eigenvalue weighted by atomic mass is 35.5. The van der Waals surface area contributed by atoms with E-state index in [9.17, 15) is 0 Å². The third kappa shape index (κ3) is 13.5. The molecule has 0 amide bonds. The van der Waals surface area contributed by atoms with Crippen molar-refractivity contribution in [3.8, 4) is 0 Å². The van der Waals surface area contributed by atoms with Crippen LogP contribution in [0, 0.1) is 0 Å². The largest absolute Gasteiger partial charge is 1.00 e. The van der Waals surface area contributed by atoms with Gasteiger partial charge in [0.25, 0.3) is 0 Å². The van der Waals surface area contributed by atoms with Crippen LogP contribution in [0.3, 0.4) is 0 Å². The van der Waals surface area contributed by atoms with Crippen molar-refractivity contribution in [3.63, 3.8) is 0 Å². The lowest BCUT2D eigenvalue weighted by atomic mass is 10.2. The van der Waals surface area contributed by atoms with Gasteiger partial charge in [-0.3, -0.25) is 0 Å². The summed E-state index contributed by atoms with van der Waals surface area (Å²) in [5.41, 5.74) is 0. The Bertz CT molecular complexity index is 78.7. The number of rotatable bonds is 5. The van der Waals surface area contributed by atoms with Gasteiger partial charge in [0, 0.05) is 5.88 Å². The van der Waals surface area contributed by atoms with Gasteiger partial charge >= 0.3 is 0 Å². The van der Waals surface area contributed by atoms with Gasteiger partial charge in [0.1, 0.15) is 0 Å². The van der Waals surface area contributed by atoms with Crippen LogP contribution in [0.5, 0.6) is 0 Å². The molecule has 0 unspecified atom stereocenters. The normalized spacial score (nSPS) is 10.9. The first-order chi connectivity index (χ1) is 4.56. The fourth-order valence-corrected chi connectivity index (χ4v) is 1.05. The molecule has 3 heteroatoms. The Kier molecular flexibility index (Phi) is 9.22. The molecule has 0 aromatic carbocycles. The van der Waals surface area contributed by atoms with E-state index in [0.717, 1.165) is 10.4 Å². The number of quaternary nitrogens is 1. The van der Waals surface area contributed by atoms with Gasteiger partial charge in [-0.2, -0.15) is 0 Å². The number of hydrogen-bond donors (Lipinski definition) is 0. The van der Waals surface area contributed by atoms with Crippen molar-refractivity contribution in [2.75, 3.05) is 33.6 Å². The number of unbranched alkanes of at least 4 members (excludes halogenated alkanes) is 2. The van der Waals surface area contributed by atoms with Gasteiger partial charge in [-0.1, -0.05) is 0 Å². The standard InChI is InChI=1S/C8H19ClN.ClH/c1-10(2,3)8-6-4-5-7-9;/h4-8H2,1-3H3;1H/q+1;/p-1. The molecule has 0 saturated heterocycles. The first-order valence-electron chi connectivity index (χ1n) is 3.93. The Morgan fingerprint density at radius 1 is 1.00 bits per heavy atom. The zero-order valence-corrected chi connectivity index (χ0v) is 9.25. The van der Waals surface area contributed by atoms with Crippen LogP contribution in [0.15, 0.2) is 0 Å². The summed E-state index contributed by atoms with van der Waals surface area (Å²) in [5.74, 6) is 0.817. The van der Waals surface area contributed by atoms with Crippen molar-refractivity contribution in [2.24, 2.45) is 0 Å². The molecule has 0 N–H and O–H groups in total. The maximum atomic E-state index is 5.55. The lowest BCUT2D eigenvalue weighted by Gasteiger charge is -2.23. The first kappa shape index (κ1) is 14.1. The Hall–Kier alpha value is 0.540. The average Bonchev–Trinajstić information content (AvgIpc) is 1.78. The minimum absolute atomic E-state index is 0. The molecule has 0 aliphatic carbocycles. The molecule has 1 nitrogen and oxygen atoms in total. The predicted molar refractivity (Wildman–Crippen MR) is 47.5 cm³/mol. The van der Waals surface area contributed by atoms with Crippen LogP contribution in [0.2, 0.25) is 0 Å². The summed E-state index contributed by atoms with van der Waals surface area (Å²) in [4.78, 5) is 0. The van der Waals surface area contributed by atoms with Crippen LogP contribution in [-0.2, 0) is 0 Å². The van der Waals surface area contributed by atoms with Crippen LogP contribution < -0.4 is 12.4 Å². The minimum atomic E-state index is 0. The molecule has 0 aliphatic heterocycles. The zero-order valence-electron chi connectivity index (χ0n) is 7.74. The third-order valence-corrected chi connectivity index (χ3v) is 1.73. The highest BCUT2D eigenvalue weighted by Crippen LogP contribution is 2.01. The molecule has 0 radical (unpaired) electrons. The molecule has 0 aromatic heterocycles. The van der Waals surface area contributed by atoms with E-state index in [1.165, 1.54) is 25.8 Å². The van der Waals surface area contributed by atoms with E-state index in [1.54, 1.807) is 0 Å². The molecular formula is C8H19Cl2N. The van der Waals surface area contributed by atoms with Crippen LogP contribution in [-0.4, -0.2) is 38.1 Å². The Labute approximate surface area is 81.7 Å². The molecule has 0 rings (SSSR count). The average molecular weight is 200 g/mol. The van der Waals surface area contributed by atoms with E-state index in [0.29, 0.717) is 0 Å². The summed E-state index contributed by atoms with van der Waals surface area (Å²) in [5, 5.41) is 0. The monoisotopic (exact) mass is 199 g/mol. The number of nitrogens with zero attached hydrogens (tertiary/aromatic N) is 1. The SMILES string of the molecule is C[N+](C)(C)CCCCCCl.[Cl-]. The minimum Gasteiger partial charge on any atom is -1.00 e. The first-order valence-corrected chi connectivity index (χ1v) is 4.46. The summed E-state index contributed by atoms with van der Waals surface area (Å²) in [7, 11) is 6.67. The summed E-state index contributed by atoms with van der Waals surface area (Å²) in [6.45, 7) is 1.26. The second-order valence-electron chi connectivity index (χ2n) is 3.76. The maximum absolute atomic E-state index is 5.55. The molecule has 0 heterocycles. The summed E-state index contributed by atoms with van der Waals surface area (Å²) in [6.07, 6.45) is 3.75. The molecule has 0 atom stereocenters. The van der Waals surface area contributed by atoms with Gasteiger partial charge < -0.3 is 16.9 Å². The molecule has 0 aromatic rings. The van der Waals surface area contributed by atoms with Gasteiger partial charge in [0.2, 0.25) is 0 Å². The van der Waals surface area contributed by atoms with E-state index >= 15 is 0 Å². The number of halogens is 2. The van der Waals surface area contributed by atoms with Crippen LogP contribution >= 0.6 is 11.6 Å². The van der Waals surface area contributed by atoms with Crippen molar-refractivity contribution in [2.45, 2.75) is 19.3 Å². The predicted octanol–water partition coefficient (Wildman–Crippen LogP) is -0.894. The quantitative estimate of drug-likeness (QED) is 0.307. The summed E-state index contributed by atoms with van der Waals surface area (Å²) in [6, 6.07) is 0. The van der Waals surface area contributed by atoms with E-state index in [2.05, 4.69) is 21.1 Å². The van der Waals surface area contributed by atoms with Crippen molar-refractivity contribution >= 4 is 11.6 Å². The number of hydrogen-bond acceptors (Lipinski definition) is 0. The van der Waals surface area contributed by atoms with Crippen LogP contribution in [0.1, 0.15) is 19.3 Å². The molecule has 0 saturated carbocycles. The summed E-state index contributed by atoms with van der Waals surface area (Å²) >= 11 is 5.55. The zero-order chi connectivity index (χ0) is 8.04. The van der Waals surface area contributed by atoms with Crippen molar-refractivity contribution in [1.29, 1.82) is 0 Å². The van der Waals surface area contributed by atoms with E-state index in [1.807, 2.05) is 0 Å². The topological polar surface area (TPSA) is 0 Å². The fourth-order valence-electron chi connectivity index (χ4n) is 0.857. The third-order valence-electron chi connectivity index (χ3n) is 1.46. The van der Waals surface area contributed by atoms with Crippen LogP contribution in [0.25, 0.3) is 0 Å². The molecule has 0 spiro atoms. The Morgan fingerprint density at radius 3 is 1.91 bits per heavy atom. The molecule has 0 aliphatic rings. The highest BCUT2D eigenvalue weighted by Gasteiger charge is 2.04. The Morgan fingerprint density at radius 2 is 1.55 bits per heavy atom. The van der Waals surface area contributed by atoms with Crippen molar-refractivity contribution in [3.05, 3.63) is 0 Å². The second-order valence-corrected chi connectivity index (χ2v) is 4.14. The molecular weight excluding hydrogens is 181 g/mol. The summed E-state index contributed by atoms with van der Waals surface area (Å²) < 4.78 is 1.07. The van der Waals surface area contributed by atoms with Crippen LogP contribution in [0.4, 0.5) is 0 Å². The second kappa shape index (κ2) is 7.20. The van der Waals surface area contributed by atoms with E-state index in [-0.39, 0.29) is 12.4 Å². The lowest BCUT2D eigenvalue weighted by molar-refractivity contribution is -0.870. The maximum Gasteiger partial charge on any atom is 0.0780 e. The Balaban J connectivity index is 0.